The Labute approximate surface area is 191 Å². The second-order valence-electron chi connectivity index (χ2n) is 9.41. The fraction of sp³-hybridized carbons (Fsp3) is 0.481. The molecule has 2 atom stereocenters. The molecule has 0 radical (unpaired) electrons. The van der Waals surface area contributed by atoms with Gasteiger partial charge in [-0.1, -0.05) is 36.4 Å². The van der Waals surface area contributed by atoms with Crippen LogP contribution in [0, 0.1) is 5.92 Å². The van der Waals surface area contributed by atoms with Gasteiger partial charge in [-0.15, -0.1) is 0 Å². The van der Waals surface area contributed by atoms with E-state index in [1.807, 2.05) is 69.3 Å². The molecule has 5 nitrogen and oxygen atoms in total. The molecule has 3 rings (SSSR count). The van der Waals surface area contributed by atoms with Gasteiger partial charge in [-0.3, -0.25) is 9.59 Å². The van der Waals surface area contributed by atoms with Gasteiger partial charge in [0.15, 0.2) is 0 Å². The third-order valence-corrected chi connectivity index (χ3v) is 5.78. The highest BCUT2D eigenvalue weighted by molar-refractivity contribution is 5.79. The number of aryl methyl sites for hydroxylation is 1. The Hall–Kier alpha value is -2.82. The maximum absolute atomic E-state index is 12.8. The molecule has 0 fully saturated rings. The van der Waals surface area contributed by atoms with E-state index in [2.05, 4.69) is 0 Å². The standard InChI is InChI=1S/C27H34O5/c1-27(2,3)32-24(28)16-13-20-11-8-12-21-17-22(31-18-19-9-6-5-7-10-19)14-15-23(21)25(20)26(29)30-4/h5-7,9-10,14-15,17,20,25H,8,11-13,16,18H2,1-4H3. The van der Waals surface area contributed by atoms with Crippen molar-refractivity contribution in [1.82, 2.24) is 0 Å². The largest absolute Gasteiger partial charge is 0.489 e. The molecule has 32 heavy (non-hydrogen) atoms. The van der Waals surface area contributed by atoms with Gasteiger partial charge < -0.3 is 14.2 Å². The molecule has 0 N–H and O–H groups in total. The van der Waals surface area contributed by atoms with Gasteiger partial charge in [-0.05, 0) is 81.2 Å². The maximum atomic E-state index is 12.8. The Bertz CT molecular complexity index is 913. The third kappa shape index (κ3) is 6.59. The summed E-state index contributed by atoms with van der Waals surface area (Å²) in [5.41, 5.74) is 2.70. The lowest BCUT2D eigenvalue weighted by Crippen LogP contribution is -2.26. The maximum Gasteiger partial charge on any atom is 0.313 e. The molecule has 0 amide bonds. The first-order chi connectivity index (χ1) is 15.3. The lowest BCUT2D eigenvalue weighted by atomic mass is 9.81. The fourth-order valence-electron chi connectivity index (χ4n) is 4.36. The second-order valence-corrected chi connectivity index (χ2v) is 9.41. The summed E-state index contributed by atoms with van der Waals surface area (Å²) in [6, 6.07) is 16.0. The van der Waals surface area contributed by atoms with Crippen molar-refractivity contribution in [2.24, 2.45) is 5.92 Å². The first-order valence-corrected chi connectivity index (χ1v) is 11.4. The quantitative estimate of drug-likeness (QED) is 0.416. The van der Waals surface area contributed by atoms with Gasteiger partial charge >= 0.3 is 11.9 Å². The Balaban J connectivity index is 1.75. The predicted octanol–water partition coefficient (Wildman–Crippen LogP) is 5.60. The van der Waals surface area contributed by atoms with Crippen LogP contribution in [0.4, 0.5) is 0 Å². The molecule has 0 saturated heterocycles. The SMILES string of the molecule is COC(=O)C1c2ccc(OCc3ccccc3)cc2CCCC1CCC(=O)OC(C)(C)C. The van der Waals surface area contributed by atoms with Crippen LogP contribution in [0.15, 0.2) is 48.5 Å². The molecule has 172 valence electrons. The average molecular weight is 439 g/mol. The summed E-state index contributed by atoms with van der Waals surface area (Å²) in [7, 11) is 1.43. The molecule has 1 aliphatic carbocycles. The number of ether oxygens (including phenoxy) is 3. The van der Waals surface area contributed by atoms with Crippen molar-refractivity contribution in [1.29, 1.82) is 0 Å². The Kier molecular flexibility index (Phi) is 7.94. The van der Waals surface area contributed by atoms with Gasteiger partial charge in [0.25, 0.3) is 0 Å². The molecule has 2 unspecified atom stereocenters. The van der Waals surface area contributed by atoms with Gasteiger partial charge in [0.1, 0.15) is 18.0 Å². The number of rotatable bonds is 7. The van der Waals surface area contributed by atoms with Crippen molar-refractivity contribution >= 4 is 11.9 Å². The summed E-state index contributed by atoms with van der Waals surface area (Å²) in [6.45, 7) is 6.09. The zero-order valence-electron chi connectivity index (χ0n) is 19.6. The number of carbonyl (C=O) groups is 2. The molecule has 0 aliphatic heterocycles. The number of methoxy groups -OCH3 is 1. The summed E-state index contributed by atoms with van der Waals surface area (Å²) in [6.07, 6.45) is 3.57. The highest BCUT2D eigenvalue weighted by Gasteiger charge is 2.35. The van der Waals surface area contributed by atoms with E-state index in [0.717, 1.165) is 41.7 Å². The van der Waals surface area contributed by atoms with Crippen molar-refractivity contribution < 1.29 is 23.8 Å². The first kappa shape index (κ1) is 23.8. The highest BCUT2D eigenvalue weighted by atomic mass is 16.6. The summed E-state index contributed by atoms with van der Waals surface area (Å²) in [4.78, 5) is 25.0. The van der Waals surface area contributed by atoms with Gasteiger partial charge in [0.05, 0.1) is 13.0 Å². The van der Waals surface area contributed by atoms with Crippen LogP contribution < -0.4 is 4.74 Å². The van der Waals surface area contributed by atoms with Crippen LogP contribution in [0.2, 0.25) is 0 Å². The van der Waals surface area contributed by atoms with E-state index in [4.69, 9.17) is 14.2 Å². The molecule has 0 bridgehead atoms. The van der Waals surface area contributed by atoms with Gasteiger partial charge in [0, 0.05) is 6.42 Å². The van der Waals surface area contributed by atoms with Gasteiger partial charge in [-0.2, -0.15) is 0 Å². The Morgan fingerprint density at radius 3 is 2.50 bits per heavy atom. The third-order valence-electron chi connectivity index (χ3n) is 5.78. The van der Waals surface area contributed by atoms with Crippen molar-refractivity contribution in [2.75, 3.05) is 7.11 Å². The van der Waals surface area contributed by atoms with Crippen molar-refractivity contribution in [2.45, 2.75) is 71.0 Å². The number of carbonyl (C=O) groups excluding carboxylic acids is 2. The number of hydrogen-bond donors (Lipinski definition) is 0. The molecule has 0 aromatic heterocycles. The summed E-state index contributed by atoms with van der Waals surface area (Å²) in [5.74, 6) is -0.0330. The van der Waals surface area contributed by atoms with E-state index in [1.165, 1.54) is 7.11 Å². The van der Waals surface area contributed by atoms with E-state index >= 15 is 0 Å². The molecule has 0 saturated carbocycles. The van der Waals surface area contributed by atoms with Crippen LogP contribution in [0.3, 0.4) is 0 Å². The minimum Gasteiger partial charge on any atom is -0.489 e. The number of esters is 2. The second kappa shape index (κ2) is 10.7. The van der Waals surface area contributed by atoms with E-state index in [-0.39, 0.29) is 23.8 Å². The Morgan fingerprint density at radius 1 is 1.06 bits per heavy atom. The van der Waals surface area contributed by atoms with E-state index in [1.54, 1.807) is 0 Å². The number of benzene rings is 2. The first-order valence-electron chi connectivity index (χ1n) is 11.4. The average Bonchev–Trinajstić information content (AvgIpc) is 2.94. The fourth-order valence-corrected chi connectivity index (χ4v) is 4.36. The predicted molar refractivity (Wildman–Crippen MR) is 123 cm³/mol. The van der Waals surface area contributed by atoms with Crippen molar-refractivity contribution in [3.05, 3.63) is 65.2 Å². The molecule has 0 spiro atoms. The van der Waals surface area contributed by atoms with Crippen LogP contribution in [0.25, 0.3) is 0 Å². The van der Waals surface area contributed by atoms with Crippen LogP contribution in [0.1, 0.15) is 69.1 Å². The van der Waals surface area contributed by atoms with Crippen LogP contribution in [0.5, 0.6) is 5.75 Å². The van der Waals surface area contributed by atoms with Gasteiger partial charge in [-0.25, -0.2) is 0 Å². The Morgan fingerprint density at radius 2 is 1.81 bits per heavy atom. The van der Waals surface area contributed by atoms with Crippen molar-refractivity contribution in [3.63, 3.8) is 0 Å². The summed E-state index contributed by atoms with van der Waals surface area (Å²) < 4.78 is 16.6. The molecule has 2 aromatic rings. The molecule has 2 aromatic carbocycles. The topological polar surface area (TPSA) is 61.8 Å². The smallest absolute Gasteiger partial charge is 0.313 e. The number of hydrogen-bond acceptors (Lipinski definition) is 5. The van der Waals surface area contributed by atoms with E-state index < -0.39 is 5.60 Å². The highest BCUT2D eigenvalue weighted by Crippen LogP contribution is 2.40. The molecule has 5 heteroatoms. The minimum atomic E-state index is -0.509. The van der Waals surface area contributed by atoms with Crippen LogP contribution in [-0.4, -0.2) is 24.6 Å². The minimum absolute atomic E-state index is 0.0345. The molecule has 0 heterocycles. The molecule has 1 aliphatic rings. The lowest BCUT2D eigenvalue weighted by molar-refractivity contribution is -0.155. The zero-order chi connectivity index (χ0) is 23.1. The van der Waals surface area contributed by atoms with Gasteiger partial charge in [0.2, 0.25) is 0 Å². The van der Waals surface area contributed by atoms with Crippen molar-refractivity contribution in [3.8, 4) is 5.75 Å². The molecular weight excluding hydrogens is 404 g/mol. The zero-order valence-corrected chi connectivity index (χ0v) is 19.6. The monoisotopic (exact) mass is 438 g/mol. The van der Waals surface area contributed by atoms with Crippen LogP contribution >= 0.6 is 0 Å². The molecular formula is C27H34O5. The normalized spacial score (nSPS) is 18.2. The van der Waals surface area contributed by atoms with Crippen LogP contribution in [-0.2, 0) is 32.1 Å². The summed E-state index contributed by atoms with van der Waals surface area (Å²) >= 11 is 0. The van der Waals surface area contributed by atoms with E-state index in [0.29, 0.717) is 19.4 Å². The van der Waals surface area contributed by atoms with E-state index in [9.17, 15) is 9.59 Å². The lowest BCUT2D eigenvalue weighted by Gasteiger charge is -2.25. The summed E-state index contributed by atoms with van der Waals surface area (Å²) in [5, 5.41) is 0. The number of fused-ring (bicyclic) bond motifs is 1.